The van der Waals surface area contributed by atoms with Crippen LogP contribution in [0.4, 0.5) is 0 Å². The van der Waals surface area contributed by atoms with E-state index in [-0.39, 0.29) is 11.7 Å². The molecule has 0 saturated heterocycles. The summed E-state index contributed by atoms with van der Waals surface area (Å²) < 4.78 is 11.8. The maximum absolute atomic E-state index is 11.9. The van der Waals surface area contributed by atoms with E-state index in [0.29, 0.717) is 18.8 Å². The van der Waals surface area contributed by atoms with Crippen LogP contribution in [0.1, 0.15) is 40.3 Å². The lowest BCUT2D eigenvalue weighted by atomic mass is 10.0. The highest BCUT2D eigenvalue weighted by atomic mass is 16.5. The van der Waals surface area contributed by atoms with Crippen molar-refractivity contribution >= 4 is 11.9 Å². The van der Waals surface area contributed by atoms with Crippen LogP contribution < -0.4 is 0 Å². The molecule has 0 N–H and O–H groups in total. The lowest BCUT2D eigenvalue weighted by molar-refractivity contribution is 0.0513. The van der Waals surface area contributed by atoms with Gasteiger partial charge in [0.2, 0.25) is 0 Å². The number of carbonyl (C=O) groups is 2. The summed E-state index contributed by atoms with van der Waals surface area (Å²) in [4.78, 5) is 28.0. The number of aryl methyl sites for hydroxylation is 1. The highest BCUT2D eigenvalue weighted by Gasteiger charge is 2.14. The number of ether oxygens (including phenoxy) is 2. The molecule has 0 atom stereocenters. The molecule has 0 bridgehead atoms. The van der Waals surface area contributed by atoms with E-state index in [1.54, 1.807) is 43.1 Å². The molecule has 0 aliphatic carbocycles. The average molecular weight is 378 g/mol. The Balaban J connectivity index is 1.98. The van der Waals surface area contributed by atoms with Gasteiger partial charge in [-0.2, -0.15) is 0 Å². The Bertz CT molecular complexity index is 990. The number of hydrogen-bond acceptors (Lipinski definition) is 5. The summed E-state index contributed by atoms with van der Waals surface area (Å²) in [5, 5.41) is 0. The minimum Gasteiger partial charge on any atom is -0.462 e. The van der Waals surface area contributed by atoms with Crippen molar-refractivity contribution in [1.82, 2.24) is 9.55 Å². The van der Waals surface area contributed by atoms with Gasteiger partial charge in [0.05, 0.1) is 24.5 Å². The second-order valence-corrected chi connectivity index (χ2v) is 6.21. The van der Waals surface area contributed by atoms with Crippen molar-refractivity contribution in [2.24, 2.45) is 0 Å². The van der Waals surface area contributed by atoms with Crippen LogP contribution >= 0.6 is 0 Å². The van der Waals surface area contributed by atoms with Crippen LogP contribution in [0.25, 0.3) is 16.8 Å². The van der Waals surface area contributed by atoms with Gasteiger partial charge in [0, 0.05) is 11.8 Å². The molecule has 3 rings (SSSR count). The van der Waals surface area contributed by atoms with Gasteiger partial charge in [0.1, 0.15) is 6.33 Å². The van der Waals surface area contributed by atoms with Gasteiger partial charge in [-0.15, -0.1) is 0 Å². The first-order valence-corrected chi connectivity index (χ1v) is 9.13. The number of aromatic nitrogens is 2. The van der Waals surface area contributed by atoms with Crippen molar-refractivity contribution in [1.29, 1.82) is 0 Å². The number of hydrogen-bond donors (Lipinski definition) is 0. The number of imidazole rings is 1. The number of esters is 2. The molecule has 0 radical (unpaired) electrons. The van der Waals surface area contributed by atoms with Gasteiger partial charge in [0.25, 0.3) is 0 Å². The second kappa shape index (κ2) is 8.52. The normalized spacial score (nSPS) is 10.5. The van der Waals surface area contributed by atoms with Crippen LogP contribution in [-0.2, 0) is 9.47 Å². The van der Waals surface area contributed by atoms with Crippen molar-refractivity contribution < 1.29 is 19.1 Å². The molecule has 0 unspecified atom stereocenters. The summed E-state index contributed by atoms with van der Waals surface area (Å²) in [7, 11) is 0. The lowest BCUT2D eigenvalue weighted by Crippen LogP contribution is -2.05. The molecule has 0 aliphatic heterocycles. The molecule has 28 heavy (non-hydrogen) atoms. The van der Waals surface area contributed by atoms with Crippen LogP contribution in [-0.4, -0.2) is 34.7 Å². The van der Waals surface area contributed by atoms with Crippen molar-refractivity contribution in [3.05, 3.63) is 71.8 Å². The van der Waals surface area contributed by atoms with Gasteiger partial charge in [-0.1, -0.05) is 24.3 Å². The Morgan fingerprint density at radius 2 is 1.64 bits per heavy atom. The Morgan fingerprint density at radius 1 is 0.964 bits per heavy atom. The first kappa shape index (κ1) is 19.4. The fourth-order valence-electron chi connectivity index (χ4n) is 2.86. The molecule has 6 nitrogen and oxygen atoms in total. The van der Waals surface area contributed by atoms with Gasteiger partial charge in [-0.3, -0.25) is 0 Å². The number of rotatable bonds is 6. The smallest absolute Gasteiger partial charge is 0.358 e. The second-order valence-electron chi connectivity index (χ2n) is 6.21. The van der Waals surface area contributed by atoms with E-state index in [1.807, 2.05) is 37.3 Å². The summed E-state index contributed by atoms with van der Waals surface area (Å²) >= 11 is 0. The molecule has 2 aromatic carbocycles. The quantitative estimate of drug-likeness (QED) is 0.601. The number of benzene rings is 2. The Hall–Kier alpha value is -3.41. The maximum atomic E-state index is 11.9. The lowest BCUT2D eigenvalue weighted by Gasteiger charge is -2.12. The Morgan fingerprint density at radius 3 is 2.32 bits per heavy atom. The zero-order valence-electron chi connectivity index (χ0n) is 16.1. The van der Waals surface area contributed by atoms with Crippen molar-refractivity contribution in [2.45, 2.75) is 20.8 Å². The predicted octanol–water partition coefficient (Wildman–Crippen LogP) is 4.20. The van der Waals surface area contributed by atoms with E-state index < -0.39 is 5.97 Å². The highest BCUT2D eigenvalue weighted by Crippen LogP contribution is 2.28. The van der Waals surface area contributed by atoms with Crippen LogP contribution in [0.3, 0.4) is 0 Å². The monoisotopic (exact) mass is 378 g/mol. The van der Waals surface area contributed by atoms with E-state index in [1.165, 1.54) is 0 Å². The molecular weight excluding hydrogens is 356 g/mol. The van der Waals surface area contributed by atoms with E-state index in [0.717, 1.165) is 22.4 Å². The molecule has 1 aromatic heterocycles. The molecule has 0 fully saturated rings. The molecule has 0 spiro atoms. The van der Waals surface area contributed by atoms with Crippen LogP contribution in [0.15, 0.2) is 55.0 Å². The summed E-state index contributed by atoms with van der Waals surface area (Å²) in [6.07, 6.45) is 3.25. The standard InChI is InChI=1S/C22H22N2O4/c1-4-27-21(25)17-9-7-16(8-10-17)18-11-6-15(3)12-20(18)24-13-19(23-14-24)22(26)28-5-2/h6-14H,4-5H2,1-3H3. The van der Waals surface area contributed by atoms with Gasteiger partial charge in [0.15, 0.2) is 5.69 Å². The minimum atomic E-state index is -0.450. The number of carbonyl (C=O) groups excluding carboxylic acids is 2. The predicted molar refractivity (Wildman–Crippen MR) is 106 cm³/mol. The topological polar surface area (TPSA) is 70.4 Å². The average Bonchev–Trinajstić information content (AvgIpc) is 3.19. The number of nitrogens with zero attached hydrogens (tertiary/aromatic N) is 2. The molecule has 0 aliphatic rings. The summed E-state index contributed by atoms with van der Waals surface area (Å²) in [6, 6.07) is 13.3. The minimum absolute atomic E-state index is 0.256. The fourth-order valence-corrected chi connectivity index (χ4v) is 2.86. The zero-order chi connectivity index (χ0) is 20.1. The summed E-state index contributed by atoms with van der Waals surface area (Å²) in [5.74, 6) is -0.791. The maximum Gasteiger partial charge on any atom is 0.358 e. The summed E-state index contributed by atoms with van der Waals surface area (Å²) in [6.45, 7) is 6.18. The molecule has 6 heteroatoms. The molecule has 0 saturated carbocycles. The van der Waals surface area contributed by atoms with Gasteiger partial charge < -0.3 is 14.0 Å². The van der Waals surface area contributed by atoms with E-state index in [2.05, 4.69) is 4.98 Å². The Kier molecular flexibility index (Phi) is 5.89. The van der Waals surface area contributed by atoms with Crippen LogP contribution in [0, 0.1) is 6.92 Å². The Labute approximate surface area is 163 Å². The van der Waals surface area contributed by atoms with Gasteiger partial charge in [-0.05, 0) is 50.1 Å². The molecule has 0 amide bonds. The van der Waals surface area contributed by atoms with Crippen molar-refractivity contribution in [3.8, 4) is 16.8 Å². The molecular formula is C22H22N2O4. The summed E-state index contributed by atoms with van der Waals surface area (Å²) in [5.41, 5.74) is 4.61. The first-order chi connectivity index (χ1) is 13.5. The highest BCUT2D eigenvalue weighted by molar-refractivity contribution is 5.90. The van der Waals surface area contributed by atoms with Crippen LogP contribution in [0.5, 0.6) is 0 Å². The molecule has 3 aromatic rings. The van der Waals surface area contributed by atoms with Gasteiger partial charge in [-0.25, -0.2) is 14.6 Å². The molecule has 1 heterocycles. The van der Waals surface area contributed by atoms with E-state index >= 15 is 0 Å². The third-order valence-corrected chi connectivity index (χ3v) is 4.21. The van der Waals surface area contributed by atoms with Crippen molar-refractivity contribution in [2.75, 3.05) is 13.2 Å². The fraction of sp³-hybridized carbons (Fsp3) is 0.227. The zero-order valence-corrected chi connectivity index (χ0v) is 16.1. The largest absolute Gasteiger partial charge is 0.462 e. The third-order valence-electron chi connectivity index (χ3n) is 4.21. The van der Waals surface area contributed by atoms with Gasteiger partial charge >= 0.3 is 11.9 Å². The van der Waals surface area contributed by atoms with Crippen molar-refractivity contribution in [3.63, 3.8) is 0 Å². The third kappa shape index (κ3) is 4.11. The van der Waals surface area contributed by atoms with E-state index in [9.17, 15) is 9.59 Å². The first-order valence-electron chi connectivity index (χ1n) is 9.13. The van der Waals surface area contributed by atoms with Crippen LogP contribution in [0.2, 0.25) is 0 Å². The molecule has 144 valence electrons. The van der Waals surface area contributed by atoms with E-state index in [4.69, 9.17) is 9.47 Å². The SMILES string of the molecule is CCOC(=O)c1ccc(-c2ccc(C)cc2-n2cnc(C(=O)OCC)c2)cc1.